The fourth-order valence-corrected chi connectivity index (χ4v) is 6.51. The molecular formula is C32H34N4O3. The Morgan fingerprint density at radius 3 is 2.54 bits per heavy atom. The number of piperidine rings is 3. The van der Waals surface area contributed by atoms with E-state index in [4.69, 9.17) is 4.74 Å². The number of nitrogens with zero attached hydrogens (tertiary/aromatic N) is 2. The highest BCUT2D eigenvalue weighted by atomic mass is 16.5. The lowest BCUT2D eigenvalue weighted by Crippen LogP contribution is -2.56. The molecule has 7 rings (SSSR count). The van der Waals surface area contributed by atoms with E-state index >= 15 is 0 Å². The highest BCUT2D eigenvalue weighted by Gasteiger charge is 2.43. The number of aromatic nitrogens is 1. The van der Waals surface area contributed by atoms with Gasteiger partial charge in [0.2, 0.25) is 0 Å². The molecule has 3 aromatic carbocycles. The first-order chi connectivity index (χ1) is 19.0. The molecule has 1 aromatic heterocycles. The maximum atomic E-state index is 13.0. The van der Waals surface area contributed by atoms with E-state index in [0.717, 1.165) is 53.7 Å². The van der Waals surface area contributed by atoms with Crippen molar-refractivity contribution in [3.63, 3.8) is 0 Å². The normalized spacial score (nSPS) is 23.8. The Bertz CT molecular complexity index is 1580. The minimum Gasteiger partial charge on any atom is -0.497 e. The number of benzene rings is 2. The van der Waals surface area contributed by atoms with Crippen LogP contribution >= 0.6 is 0 Å². The highest BCUT2D eigenvalue weighted by Crippen LogP contribution is 2.44. The average Bonchev–Trinajstić information content (AvgIpc) is 3.00. The summed E-state index contributed by atoms with van der Waals surface area (Å²) in [5.74, 6) is 1.77. The number of nitrogens with one attached hydrogen (secondary N) is 2. The molecular weight excluding hydrogens is 488 g/mol. The third-order valence-electron chi connectivity index (χ3n) is 8.73. The van der Waals surface area contributed by atoms with E-state index in [1.807, 2.05) is 67.7 Å². The summed E-state index contributed by atoms with van der Waals surface area (Å²) >= 11 is 0. The first kappa shape index (κ1) is 25.3. The minimum absolute atomic E-state index is 0.123. The summed E-state index contributed by atoms with van der Waals surface area (Å²) in [5.41, 5.74) is 2.73. The van der Waals surface area contributed by atoms with E-state index in [-0.39, 0.29) is 18.1 Å². The summed E-state index contributed by atoms with van der Waals surface area (Å²) < 4.78 is 5.54. The Kier molecular flexibility index (Phi) is 6.69. The molecule has 3 aliphatic rings. The van der Waals surface area contributed by atoms with Crippen LogP contribution < -0.4 is 26.2 Å². The summed E-state index contributed by atoms with van der Waals surface area (Å²) in [6.45, 7) is 8.03. The molecule has 2 N–H and O–H groups in total. The molecule has 0 radical (unpaired) electrons. The van der Waals surface area contributed by atoms with Crippen molar-refractivity contribution in [2.45, 2.75) is 37.9 Å². The van der Waals surface area contributed by atoms with Crippen LogP contribution in [0.2, 0.25) is 0 Å². The molecule has 4 aromatic rings. The molecule has 39 heavy (non-hydrogen) atoms. The molecule has 0 amide bonds. The van der Waals surface area contributed by atoms with E-state index in [2.05, 4.69) is 33.2 Å². The van der Waals surface area contributed by atoms with E-state index in [0.29, 0.717) is 23.2 Å². The van der Waals surface area contributed by atoms with Gasteiger partial charge in [-0.25, -0.2) is 0 Å². The number of ether oxygens (including phenoxy) is 1. The molecule has 7 heteroatoms. The van der Waals surface area contributed by atoms with Crippen molar-refractivity contribution in [2.24, 2.45) is 11.8 Å². The summed E-state index contributed by atoms with van der Waals surface area (Å²) in [5, 5.41) is 7.88. The van der Waals surface area contributed by atoms with Crippen LogP contribution in [-0.4, -0.2) is 36.1 Å². The van der Waals surface area contributed by atoms with Gasteiger partial charge in [-0.15, -0.1) is 6.58 Å². The number of pyridine rings is 1. The lowest BCUT2D eigenvalue weighted by atomic mass is 9.73. The number of rotatable bonds is 9. The van der Waals surface area contributed by atoms with Gasteiger partial charge in [-0.3, -0.25) is 19.5 Å². The smallest absolute Gasteiger partial charge is 0.253 e. The molecule has 200 valence electrons. The van der Waals surface area contributed by atoms with Crippen molar-refractivity contribution < 1.29 is 4.74 Å². The van der Waals surface area contributed by atoms with Gasteiger partial charge in [0.15, 0.2) is 0 Å². The minimum atomic E-state index is -0.475. The van der Waals surface area contributed by atoms with Gasteiger partial charge in [-0.05, 0) is 73.5 Å². The monoisotopic (exact) mass is 522 g/mol. The zero-order valence-corrected chi connectivity index (χ0v) is 22.4. The van der Waals surface area contributed by atoms with E-state index in [9.17, 15) is 9.59 Å². The zero-order chi connectivity index (χ0) is 27.1. The second-order valence-electron chi connectivity index (χ2n) is 10.8. The second kappa shape index (κ2) is 10.3. The molecule has 0 aliphatic carbocycles. The Hall–Kier alpha value is -3.97. The Labute approximate surface area is 228 Å². The zero-order valence-electron chi connectivity index (χ0n) is 22.4. The predicted octanol–water partition coefficient (Wildman–Crippen LogP) is 5.06. The van der Waals surface area contributed by atoms with Crippen LogP contribution in [0.4, 0.5) is 11.4 Å². The highest BCUT2D eigenvalue weighted by molar-refractivity contribution is 5.85. The third kappa shape index (κ3) is 4.51. The molecule has 3 fully saturated rings. The van der Waals surface area contributed by atoms with Crippen LogP contribution in [0.3, 0.4) is 0 Å². The molecule has 0 spiro atoms. The topological polar surface area (TPSA) is 83.6 Å². The second-order valence-corrected chi connectivity index (χ2v) is 10.8. The number of fused-ring (bicyclic) bond motifs is 4. The van der Waals surface area contributed by atoms with Crippen LogP contribution in [0.25, 0.3) is 10.9 Å². The third-order valence-corrected chi connectivity index (χ3v) is 8.73. The molecule has 7 nitrogen and oxygen atoms in total. The fraction of sp³-hybridized carbons (Fsp3) is 0.344. The molecule has 1 unspecified atom stereocenters. The molecule has 2 bridgehead atoms. The van der Waals surface area contributed by atoms with E-state index in [1.54, 1.807) is 7.11 Å². The summed E-state index contributed by atoms with van der Waals surface area (Å²) in [6.07, 6.45) is 6.04. The predicted molar refractivity (Wildman–Crippen MR) is 156 cm³/mol. The molecule has 3 saturated heterocycles. The van der Waals surface area contributed by atoms with Crippen LogP contribution in [0.15, 0.2) is 83.0 Å². The van der Waals surface area contributed by atoms with E-state index < -0.39 is 10.9 Å². The first-order valence-electron chi connectivity index (χ1n) is 13.7. The molecule has 4 heterocycles. The average molecular weight is 523 g/mol. The van der Waals surface area contributed by atoms with Crippen LogP contribution in [0.5, 0.6) is 5.75 Å². The van der Waals surface area contributed by atoms with E-state index in [1.165, 1.54) is 0 Å². The Morgan fingerprint density at radius 1 is 1.08 bits per heavy atom. The van der Waals surface area contributed by atoms with Crippen LogP contribution in [0.1, 0.15) is 43.0 Å². The summed E-state index contributed by atoms with van der Waals surface area (Å²) in [4.78, 5) is 32.9. The Balaban J connectivity index is 1.40. The van der Waals surface area contributed by atoms with Gasteiger partial charge in [0, 0.05) is 30.2 Å². The quantitative estimate of drug-likeness (QED) is 0.235. The van der Waals surface area contributed by atoms with Crippen molar-refractivity contribution in [1.29, 1.82) is 0 Å². The van der Waals surface area contributed by atoms with Crippen molar-refractivity contribution >= 4 is 22.3 Å². The number of hydrogen-bond donors (Lipinski definition) is 2. The molecule has 3 aliphatic heterocycles. The fourth-order valence-electron chi connectivity index (χ4n) is 6.51. The maximum Gasteiger partial charge on any atom is 0.253 e. The van der Waals surface area contributed by atoms with Crippen molar-refractivity contribution in [2.75, 3.05) is 30.8 Å². The van der Waals surface area contributed by atoms with Gasteiger partial charge in [0.25, 0.3) is 10.9 Å². The van der Waals surface area contributed by atoms with Crippen LogP contribution in [0, 0.1) is 11.8 Å². The van der Waals surface area contributed by atoms with Gasteiger partial charge in [0.1, 0.15) is 17.1 Å². The van der Waals surface area contributed by atoms with Crippen molar-refractivity contribution in [1.82, 2.24) is 9.88 Å². The van der Waals surface area contributed by atoms with Gasteiger partial charge in [-0.2, -0.15) is 0 Å². The lowest BCUT2D eigenvalue weighted by Gasteiger charge is -2.52. The summed E-state index contributed by atoms with van der Waals surface area (Å²) in [6, 6.07) is 17.6. The standard InChI is InChI=1S/C32H34N4O3/c1-4-20-18-36-15-13-22(20)16-27(36)28(24-12-14-33-26-11-10-23(39-3)17-25(24)26)35-30-29(31(37)32(30)38)34-19(2)21-8-6-5-7-9-21/h4-12,14,17,19-20,22,27-28,34-35H,1,13,15-16,18H2,2-3H3/t19-,20+,22+,27-,28-/m1/s1. The van der Waals surface area contributed by atoms with Crippen molar-refractivity contribution in [3.8, 4) is 5.75 Å². The SMILES string of the molecule is C=C[C@H]1CN2CC[C@H]1C[C@@H]2[C@H](Nc1c(N[C@H](C)c2ccccc2)c(=O)c1=O)c1ccnc2ccc(OC)cc12. The van der Waals surface area contributed by atoms with Crippen LogP contribution in [-0.2, 0) is 0 Å². The Morgan fingerprint density at radius 2 is 1.85 bits per heavy atom. The molecule has 6 atom stereocenters. The lowest BCUT2D eigenvalue weighted by molar-refractivity contribution is 0.0105. The van der Waals surface area contributed by atoms with Gasteiger partial charge < -0.3 is 15.4 Å². The number of methoxy groups -OCH3 is 1. The van der Waals surface area contributed by atoms with Crippen molar-refractivity contribution in [3.05, 3.63) is 105 Å². The first-order valence-corrected chi connectivity index (χ1v) is 13.7. The number of anilines is 2. The number of hydrogen-bond acceptors (Lipinski definition) is 7. The van der Waals surface area contributed by atoms with Gasteiger partial charge >= 0.3 is 0 Å². The van der Waals surface area contributed by atoms with Gasteiger partial charge in [0.05, 0.1) is 18.7 Å². The largest absolute Gasteiger partial charge is 0.497 e. The maximum absolute atomic E-state index is 13.0. The van der Waals surface area contributed by atoms with Gasteiger partial charge in [-0.1, -0.05) is 36.4 Å². The molecule has 0 saturated carbocycles. The summed E-state index contributed by atoms with van der Waals surface area (Å²) in [7, 11) is 1.66.